The highest BCUT2D eigenvalue weighted by molar-refractivity contribution is 9.10. The van der Waals surface area contributed by atoms with Crippen LogP contribution in [0, 0.1) is 17.6 Å². The van der Waals surface area contributed by atoms with Crippen molar-refractivity contribution in [3.63, 3.8) is 0 Å². The van der Waals surface area contributed by atoms with E-state index in [2.05, 4.69) is 21.2 Å². The second-order valence-corrected chi connectivity index (χ2v) is 11.5. The smallest absolute Gasteiger partial charge is 0.231 e. The lowest BCUT2D eigenvalue weighted by molar-refractivity contribution is -0.117. The zero-order chi connectivity index (χ0) is 25.7. The summed E-state index contributed by atoms with van der Waals surface area (Å²) in [5.74, 6) is -4.01. The number of carbonyl (C=O) groups excluding carboxylic acids is 2. The van der Waals surface area contributed by atoms with Crippen LogP contribution in [0.5, 0.6) is 0 Å². The van der Waals surface area contributed by atoms with Crippen LogP contribution in [0.15, 0.2) is 53.0 Å². The van der Waals surface area contributed by atoms with Gasteiger partial charge >= 0.3 is 0 Å². The fraction of sp³-hybridized carbons (Fsp3) is 0.167. The highest BCUT2D eigenvalue weighted by Gasteiger charge is 2.67. The number of alkyl halides is 2. The van der Waals surface area contributed by atoms with Gasteiger partial charge in [0.05, 0.1) is 15.4 Å². The number of anilines is 1. The Balaban J connectivity index is 1.52. The number of hydrogen-bond acceptors (Lipinski definition) is 2. The molecule has 0 bridgehead atoms. The van der Waals surface area contributed by atoms with E-state index in [0.717, 1.165) is 6.07 Å². The largest absolute Gasteiger partial charge is 0.326 e. The molecule has 0 aromatic heterocycles. The molecule has 3 nitrogen and oxygen atoms in total. The summed E-state index contributed by atoms with van der Waals surface area (Å²) in [6, 6.07) is 11.4. The summed E-state index contributed by atoms with van der Waals surface area (Å²) in [5, 5.41) is 3.56. The monoisotopic (exact) mass is 639 g/mol. The van der Waals surface area contributed by atoms with Gasteiger partial charge in [0.1, 0.15) is 16.0 Å². The van der Waals surface area contributed by atoms with E-state index in [-0.39, 0.29) is 32.7 Å². The fourth-order valence-corrected chi connectivity index (χ4v) is 5.81. The minimum Gasteiger partial charge on any atom is -0.326 e. The number of hydrogen-bond donors (Lipinski definition) is 1. The first-order chi connectivity index (χ1) is 16.4. The Morgan fingerprint density at radius 2 is 1.63 bits per heavy atom. The van der Waals surface area contributed by atoms with Crippen LogP contribution in [-0.2, 0) is 11.2 Å². The molecule has 1 amide bonds. The molecule has 2 unspecified atom stereocenters. The molecule has 1 fully saturated rings. The Bertz CT molecular complexity index is 1350. The quantitative estimate of drug-likeness (QED) is 0.166. The van der Waals surface area contributed by atoms with Crippen molar-refractivity contribution in [3.05, 3.63) is 96.4 Å². The number of carbonyl (C=O) groups is 2. The van der Waals surface area contributed by atoms with Crippen LogP contribution in [-0.4, -0.2) is 16.0 Å². The van der Waals surface area contributed by atoms with E-state index < -0.39 is 39.5 Å². The number of nitrogens with one attached hydrogen (secondary N) is 1. The Hall–Kier alpha value is -1.41. The van der Waals surface area contributed by atoms with Crippen LogP contribution >= 0.6 is 73.9 Å². The number of ketones is 1. The summed E-state index contributed by atoms with van der Waals surface area (Å²) in [5.41, 5.74) is 0.930. The normalized spacial score (nSPS) is 18.3. The molecular formula is C24H13BrCl5F2NO2. The van der Waals surface area contributed by atoms with E-state index in [1.165, 1.54) is 24.3 Å². The van der Waals surface area contributed by atoms with E-state index in [9.17, 15) is 18.4 Å². The van der Waals surface area contributed by atoms with Gasteiger partial charge in [0, 0.05) is 33.6 Å². The number of halogens is 8. The molecule has 1 saturated carbocycles. The van der Waals surface area contributed by atoms with Gasteiger partial charge in [0.15, 0.2) is 5.78 Å². The zero-order valence-electron chi connectivity index (χ0n) is 17.3. The summed E-state index contributed by atoms with van der Waals surface area (Å²) in [4.78, 5) is 25.8. The number of amides is 1. The van der Waals surface area contributed by atoms with Crippen molar-refractivity contribution in [1.82, 2.24) is 0 Å². The number of rotatable bonds is 6. The third-order valence-corrected chi connectivity index (χ3v) is 8.01. The summed E-state index contributed by atoms with van der Waals surface area (Å²) in [6.45, 7) is 0. The molecule has 4 rings (SSSR count). The van der Waals surface area contributed by atoms with Crippen molar-refractivity contribution in [2.45, 2.75) is 16.7 Å². The van der Waals surface area contributed by atoms with Gasteiger partial charge < -0.3 is 5.32 Å². The van der Waals surface area contributed by atoms with Gasteiger partial charge in [0.25, 0.3) is 0 Å². The predicted octanol–water partition coefficient (Wildman–Crippen LogP) is 8.64. The SMILES string of the molecule is O=C(Cc1ccc(F)c(Br)c1F)c1cc(NC(=O)C2C(c3cc(Cl)cc(Cl)c3)C2(Cl)Cl)ccc1Cl. The number of Topliss-reactive ketones (excluding diaryl/α,β-unsaturated/α-hetero) is 1. The van der Waals surface area contributed by atoms with Crippen molar-refractivity contribution in [1.29, 1.82) is 0 Å². The van der Waals surface area contributed by atoms with Gasteiger partial charge in [0.2, 0.25) is 5.91 Å². The summed E-state index contributed by atoms with van der Waals surface area (Å²) >= 11 is 33.9. The first-order valence-electron chi connectivity index (χ1n) is 10.00. The average Bonchev–Trinajstić information content (AvgIpc) is 3.36. The summed E-state index contributed by atoms with van der Waals surface area (Å²) in [6.07, 6.45) is -0.367. The number of benzene rings is 3. The molecule has 11 heteroatoms. The second-order valence-electron chi connectivity index (χ2n) is 7.95. The molecule has 2 atom stereocenters. The van der Waals surface area contributed by atoms with Crippen molar-refractivity contribution < 1.29 is 18.4 Å². The highest BCUT2D eigenvalue weighted by Crippen LogP contribution is 2.65. The highest BCUT2D eigenvalue weighted by atomic mass is 79.9. The van der Waals surface area contributed by atoms with Crippen LogP contribution in [0.3, 0.4) is 0 Å². The molecule has 3 aromatic carbocycles. The van der Waals surface area contributed by atoms with E-state index in [0.29, 0.717) is 15.6 Å². The van der Waals surface area contributed by atoms with Gasteiger partial charge in [-0.05, 0) is 69.5 Å². The Labute approximate surface area is 232 Å². The molecule has 1 aliphatic carbocycles. The molecule has 0 saturated heterocycles. The van der Waals surface area contributed by atoms with E-state index >= 15 is 0 Å². The molecular weight excluding hydrogens is 629 g/mol. The van der Waals surface area contributed by atoms with Crippen molar-refractivity contribution >= 4 is 91.3 Å². The maximum Gasteiger partial charge on any atom is 0.231 e. The third kappa shape index (κ3) is 5.48. The summed E-state index contributed by atoms with van der Waals surface area (Å²) in [7, 11) is 0. The van der Waals surface area contributed by atoms with Crippen molar-refractivity contribution in [2.24, 2.45) is 5.92 Å². The lowest BCUT2D eigenvalue weighted by Gasteiger charge is -2.10. The average molecular weight is 643 g/mol. The van der Waals surface area contributed by atoms with Gasteiger partial charge in [-0.1, -0.05) is 40.9 Å². The van der Waals surface area contributed by atoms with Crippen LogP contribution in [0.4, 0.5) is 14.5 Å². The van der Waals surface area contributed by atoms with Gasteiger partial charge in [-0.3, -0.25) is 9.59 Å². The molecule has 1 aliphatic rings. The minimum absolute atomic E-state index is 0.0103. The predicted molar refractivity (Wildman–Crippen MR) is 139 cm³/mol. The van der Waals surface area contributed by atoms with E-state index in [1.807, 2.05) is 0 Å². The Morgan fingerprint density at radius 3 is 2.29 bits per heavy atom. The first-order valence-corrected chi connectivity index (χ1v) is 12.7. The molecule has 3 aromatic rings. The van der Waals surface area contributed by atoms with Gasteiger partial charge in [-0.15, -0.1) is 23.2 Å². The Morgan fingerprint density at radius 1 is 0.971 bits per heavy atom. The Kier molecular flexibility index (Phi) is 7.73. The maximum atomic E-state index is 14.3. The standard InChI is InChI=1S/C24H13BrCl5F2NO2/c25-21-17(31)4-1-10(22(21)32)7-18(34)15-9-14(2-3-16(15)28)33-23(35)20-19(24(20,29)30)11-5-12(26)8-13(27)6-11/h1-6,8-9,19-20H,7H2,(H,33,35). The third-order valence-electron chi connectivity index (χ3n) is 5.58. The second kappa shape index (κ2) is 10.2. The van der Waals surface area contributed by atoms with Gasteiger partial charge in [-0.25, -0.2) is 8.78 Å². The molecule has 0 spiro atoms. The molecule has 0 radical (unpaired) electrons. The van der Waals surface area contributed by atoms with Crippen LogP contribution in [0.25, 0.3) is 0 Å². The summed E-state index contributed by atoms with van der Waals surface area (Å²) < 4.78 is 26.1. The molecule has 0 aliphatic heterocycles. The molecule has 1 N–H and O–H groups in total. The maximum absolute atomic E-state index is 14.3. The topological polar surface area (TPSA) is 46.2 Å². The van der Waals surface area contributed by atoms with Crippen LogP contribution < -0.4 is 5.32 Å². The molecule has 0 heterocycles. The van der Waals surface area contributed by atoms with Crippen molar-refractivity contribution in [2.75, 3.05) is 5.32 Å². The van der Waals surface area contributed by atoms with Crippen molar-refractivity contribution in [3.8, 4) is 0 Å². The minimum atomic E-state index is -1.38. The molecule has 182 valence electrons. The fourth-order valence-electron chi connectivity index (χ4n) is 3.83. The van der Waals surface area contributed by atoms with E-state index in [4.69, 9.17) is 58.0 Å². The van der Waals surface area contributed by atoms with Gasteiger partial charge in [-0.2, -0.15) is 0 Å². The lowest BCUT2D eigenvalue weighted by atomic mass is 10.0. The molecule has 35 heavy (non-hydrogen) atoms. The zero-order valence-corrected chi connectivity index (χ0v) is 22.7. The van der Waals surface area contributed by atoms with Crippen LogP contribution in [0.2, 0.25) is 15.1 Å². The lowest BCUT2D eigenvalue weighted by Crippen LogP contribution is -2.17. The van der Waals surface area contributed by atoms with Crippen LogP contribution in [0.1, 0.15) is 27.4 Å². The van der Waals surface area contributed by atoms with E-state index in [1.54, 1.807) is 18.2 Å². The first kappa shape index (κ1) is 26.6.